The van der Waals surface area contributed by atoms with E-state index in [2.05, 4.69) is 23.5 Å². The topological polar surface area (TPSA) is 42.2 Å². The van der Waals surface area contributed by atoms with Crippen molar-refractivity contribution in [2.45, 2.75) is 57.4 Å². The molecular weight excluding hydrogens is 396 g/mol. The summed E-state index contributed by atoms with van der Waals surface area (Å²) in [5.74, 6) is 0.463. The molecule has 0 radical (unpaired) electrons. The highest BCUT2D eigenvalue weighted by molar-refractivity contribution is 5.92. The third-order valence-corrected chi connectivity index (χ3v) is 6.34. The number of furan rings is 1. The van der Waals surface area contributed by atoms with Gasteiger partial charge < -0.3 is 9.73 Å². The van der Waals surface area contributed by atoms with Crippen LogP contribution in [0.5, 0.6) is 0 Å². The maximum atomic E-state index is 13.9. The van der Waals surface area contributed by atoms with Gasteiger partial charge in [-0.3, -0.25) is 4.79 Å². The number of rotatable bonds is 6. The van der Waals surface area contributed by atoms with Gasteiger partial charge in [0, 0.05) is 11.1 Å². The van der Waals surface area contributed by atoms with Crippen LogP contribution in [0.15, 0.2) is 46.9 Å². The van der Waals surface area contributed by atoms with E-state index in [9.17, 15) is 13.6 Å². The minimum atomic E-state index is -0.626. The molecule has 2 aliphatic carbocycles. The second-order valence-electron chi connectivity index (χ2n) is 8.91. The van der Waals surface area contributed by atoms with Gasteiger partial charge >= 0.3 is 0 Å². The Kier molecular flexibility index (Phi) is 4.92. The van der Waals surface area contributed by atoms with Crippen LogP contribution in [-0.2, 0) is 0 Å². The minimum Gasteiger partial charge on any atom is -0.451 e. The van der Waals surface area contributed by atoms with Gasteiger partial charge in [0.2, 0.25) is 0 Å². The van der Waals surface area contributed by atoms with E-state index in [1.54, 1.807) is 13.0 Å². The molecule has 5 rings (SSSR count). The van der Waals surface area contributed by atoms with Gasteiger partial charge in [0.25, 0.3) is 5.91 Å². The normalized spacial score (nSPS) is 16.9. The number of carbonyl (C=O) groups excluding carboxylic acids is 1. The Balaban J connectivity index is 1.35. The summed E-state index contributed by atoms with van der Waals surface area (Å²) in [6.07, 6.45) is 4.93. The van der Waals surface area contributed by atoms with Crippen molar-refractivity contribution in [2.75, 3.05) is 0 Å². The molecule has 2 aliphatic rings. The molecule has 0 spiro atoms. The molecular formula is C26H25F2NO2. The Bertz CT molecular complexity index is 1100. The van der Waals surface area contributed by atoms with Gasteiger partial charge in [-0.15, -0.1) is 0 Å². The molecule has 0 aliphatic heterocycles. The molecule has 2 fully saturated rings. The molecule has 1 atom stereocenters. The molecule has 1 N–H and O–H groups in total. The zero-order valence-electron chi connectivity index (χ0n) is 17.7. The smallest absolute Gasteiger partial charge is 0.287 e. The molecule has 0 unspecified atom stereocenters. The number of benzene rings is 2. The molecule has 2 saturated carbocycles. The van der Waals surface area contributed by atoms with Crippen LogP contribution in [0.25, 0.3) is 11.3 Å². The summed E-state index contributed by atoms with van der Waals surface area (Å²) in [4.78, 5) is 12.7. The van der Waals surface area contributed by atoms with Crippen LogP contribution in [0, 0.1) is 18.6 Å². The first-order valence-electron chi connectivity index (χ1n) is 10.9. The fourth-order valence-corrected chi connectivity index (χ4v) is 4.00. The van der Waals surface area contributed by atoms with E-state index in [4.69, 9.17) is 4.42 Å². The number of hydrogen-bond acceptors (Lipinski definition) is 2. The highest BCUT2D eigenvalue weighted by Gasteiger charge is 2.29. The van der Waals surface area contributed by atoms with E-state index >= 15 is 0 Å². The third kappa shape index (κ3) is 4.14. The fraction of sp³-hybridized carbons (Fsp3) is 0.346. The van der Waals surface area contributed by atoms with Crippen molar-refractivity contribution in [3.63, 3.8) is 0 Å². The second kappa shape index (κ2) is 7.63. The summed E-state index contributed by atoms with van der Waals surface area (Å²) in [5.41, 5.74) is 4.06. The predicted molar refractivity (Wildman–Crippen MR) is 115 cm³/mol. The van der Waals surface area contributed by atoms with Gasteiger partial charge in [0.05, 0.1) is 6.04 Å². The predicted octanol–water partition coefficient (Wildman–Crippen LogP) is 6.78. The summed E-state index contributed by atoms with van der Waals surface area (Å²) in [5, 5.41) is 2.76. The average molecular weight is 421 g/mol. The van der Waals surface area contributed by atoms with E-state index < -0.39 is 23.6 Å². The largest absolute Gasteiger partial charge is 0.451 e. The summed E-state index contributed by atoms with van der Waals surface area (Å²) in [6, 6.07) is 12.1. The van der Waals surface area contributed by atoms with Gasteiger partial charge in [-0.25, -0.2) is 8.78 Å². The molecule has 5 heteroatoms. The van der Waals surface area contributed by atoms with Crippen LogP contribution in [0.4, 0.5) is 8.78 Å². The standard InChI is InChI=1S/C26H25F2NO2/c1-14-22(27)12-18(13-23(14)28)15(2)29-26(30)25-8-7-24(31-25)21-10-19(16-3-4-16)9-20(11-21)17-5-6-17/h7-13,15-17H,3-6H2,1-2H3,(H,29,30)/t15-/m1/s1. The molecule has 160 valence electrons. The van der Waals surface area contributed by atoms with Crippen molar-refractivity contribution in [2.24, 2.45) is 0 Å². The Labute approximate surface area is 180 Å². The number of halogens is 2. The first-order chi connectivity index (χ1) is 14.9. The zero-order chi connectivity index (χ0) is 21.7. The summed E-state index contributed by atoms with van der Waals surface area (Å²) >= 11 is 0. The van der Waals surface area contributed by atoms with Crippen molar-refractivity contribution < 1.29 is 18.0 Å². The molecule has 0 saturated heterocycles. The van der Waals surface area contributed by atoms with Gasteiger partial charge in [-0.05, 0) is 104 Å². The summed E-state index contributed by atoms with van der Waals surface area (Å²) in [6.45, 7) is 3.07. The van der Waals surface area contributed by atoms with Crippen LogP contribution >= 0.6 is 0 Å². The Morgan fingerprint density at radius 3 is 2.10 bits per heavy atom. The summed E-state index contributed by atoms with van der Waals surface area (Å²) in [7, 11) is 0. The van der Waals surface area contributed by atoms with Gasteiger partial charge in [-0.1, -0.05) is 6.07 Å². The Hall–Kier alpha value is -2.95. The van der Waals surface area contributed by atoms with Crippen LogP contribution in [0.3, 0.4) is 0 Å². The average Bonchev–Trinajstić information content (AvgIpc) is 3.68. The van der Waals surface area contributed by atoms with Gasteiger partial charge in [0.15, 0.2) is 5.76 Å². The van der Waals surface area contributed by atoms with Crippen molar-refractivity contribution in [3.05, 3.63) is 82.1 Å². The zero-order valence-corrected chi connectivity index (χ0v) is 17.7. The number of hydrogen-bond donors (Lipinski definition) is 1. The van der Waals surface area contributed by atoms with E-state index in [1.807, 2.05) is 6.07 Å². The highest BCUT2D eigenvalue weighted by Crippen LogP contribution is 2.46. The lowest BCUT2D eigenvalue weighted by Crippen LogP contribution is -2.26. The molecule has 1 amide bonds. The lowest BCUT2D eigenvalue weighted by molar-refractivity contribution is 0.0912. The lowest BCUT2D eigenvalue weighted by atomic mass is 9.99. The van der Waals surface area contributed by atoms with E-state index in [0.717, 1.165) is 5.56 Å². The lowest BCUT2D eigenvalue weighted by Gasteiger charge is -2.14. The van der Waals surface area contributed by atoms with Gasteiger partial charge in [0.1, 0.15) is 17.4 Å². The minimum absolute atomic E-state index is 0.0306. The van der Waals surface area contributed by atoms with E-state index in [0.29, 0.717) is 23.2 Å². The molecule has 1 heterocycles. The maximum absolute atomic E-state index is 13.9. The number of amides is 1. The quantitative estimate of drug-likeness (QED) is 0.477. The first kappa shape index (κ1) is 20.0. The van der Waals surface area contributed by atoms with Crippen molar-refractivity contribution in [1.82, 2.24) is 5.32 Å². The second-order valence-corrected chi connectivity index (χ2v) is 8.91. The molecule has 3 aromatic rings. The van der Waals surface area contributed by atoms with E-state index in [-0.39, 0.29) is 11.3 Å². The Morgan fingerprint density at radius 2 is 1.55 bits per heavy atom. The number of nitrogens with one attached hydrogen (secondary N) is 1. The van der Waals surface area contributed by atoms with Crippen molar-refractivity contribution in [1.29, 1.82) is 0 Å². The van der Waals surface area contributed by atoms with Crippen LogP contribution in [0.2, 0.25) is 0 Å². The fourth-order valence-electron chi connectivity index (χ4n) is 4.00. The summed E-state index contributed by atoms with van der Waals surface area (Å²) < 4.78 is 33.6. The highest BCUT2D eigenvalue weighted by atomic mass is 19.1. The van der Waals surface area contributed by atoms with Crippen LogP contribution in [-0.4, -0.2) is 5.91 Å². The first-order valence-corrected chi connectivity index (χ1v) is 10.9. The van der Waals surface area contributed by atoms with E-state index in [1.165, 1.54) is 55.9 Å². The molecule has 3 nitrogen and oxygen atoms in total. The number of carbonyl (C=O) groups is 1. The Morgan fingerprint density at radius 1 is 0.968 bits per heavy atom. The molecule has 31 heavy (non-hydrogen) atoms. The maximum Gasteiger partial charge on any atom is 0.287 e. The third-order valence-electron chi connectivity index (χ3n) is 6.34. The van der Waals surface area contributed by atoms with Crippen LogP contribution in [0.1, 0.15) is 83.3 Å². The van der Waals surface area contributed by atoms with Crippen molar-refractivity contribution >= 4 is 5.91 Å². The SMILES string of the molecule is Cc1c(F)cc([C@@H](C)NC(=O)c2ccc(-c3cc(C4CC4)cc(C4CC4)c3)o2)cc1F. The van der Waals surface area contributed by atoms with Gasteiger partial charge in [-0.2, -0.15) is 0 Å². The van der Waals surface area contributed by atoms with Crippen molar-refractivity contribution in [3.8, 4) is 11.3 Å². The van der Waals surface area contributed by atoms with Crippen LogP contribution < -0.4 is 5.32 Å². The molecule has 0 bridgehead atoms. The monoisotopic (exact) mass is 421 g/mol. The molecule has 1 aromatic heterocycles. The molecule has 2 aromatic carbocycles.